The molecule has 0 saturated heterocycles. The molecule has 0 radical (unpaired) electrons. The number of hydrogen-bond donors (Lipinski definition) is 1. The third-order valence-corrected chi connectivity index (χ3v) is 2.55. The summed E-state index contributed by atoms with van der Waals surface area (Å²) < 4.78 is 6.64. The number of ether oxygens (including phenoxy) is 1. The lowest BCUT2D eigenvalue weighted by molar-refractivity contribution is 0.199. The van der Waals surface area contributed by atoms with Gasteiger partial charge in [-0.25, -0.2) is 4.98 Å². The molecule has 0 bridgehead atoms. The molecule has 5 heteroatoms. The van der Waals surface area contributed by atoms with Crippen molar-refractivity contribution in [2.24, 2.45) is 0 Å². The molecule has 96 valence electrons. The van der Waals surface area contributed by atoms with Crippen LogP contribution in [0.5, 0.6) is 0 Å². The molecule has 0 aliphatic rings. The van der Waals surface area contributed by atoms with Gasteiger partial charge in [0, 0.05) is 32.0 Å². The lowest BCUT2D eigenvalue weighted by Crippen LogP contribution is -2.26. The molecule has 1 N–H and O–H groups in total. The summed E-state index contributed by atoms with van der Waals surface area (Å²) in [7, 11) is 1.68. The number of methoxy groups -OCH3 is 1. The van der Waals surface area contributed by atoms with Gasteiger partial charge >= 0.3 is 0 Å². The molecule has 0 fully saturated rings. The van der Waals surface area contributed by atoms with Crippen LogP contribution in [-0.2, 0) is 11.3 Å². The first-order chi connectivity index (χ1) is 8.15. The Morgan fingerprint density at radius 3 is 2.82 bits per heavy atom. The van der Waals surface area contributed by atoms with Crippen molar-refractivity contribution >= 4 is 0 Å². The van der Waals surface area contributed by atoms with Crippen molar-refractivity contribution in [1.82, 2.24) is 14.9 Å². The van der Waals surface area contributed by atoms with Gasteiger partial charge in [-0.05, 0) is 26.8 Å². The van der Waals surface area contributed by atoms with E-state index in [1.807, 2.05) is 13.8 Å². The molecule has 0 unspecified atom stereocenters. The van der Waals surface area contributed by atoms with Gasteiger partial charge in [-0.2, -0.15) is 0 Å². The maximum Gasteiger partial charge on any atom is 0.253 e. The zero-order valence-corrected chi connectivity index (χ0v) is 10.8. The molecular weight excluding hydrogens is 218 g/mol. The summed E-state index contributed by atoms with van der Waals surface area (Å²) in [4.78, 5) is 16.0. The molecule has 0 spiro atoms. The Morgan fingerprint density at radius 1 is 1.41 bits per heavy atom. The van der Waals surface area contributed by atoms with Gasteiger partial charge < -0.3 is 10.1 Å². The van der Waals surface area contributed by atoms with Crippen molar-refractivity contribution in [1.29, 1.82) is 0 Å². The van der Waals surface area contributed by atoms with Crippen molar-refractivity contribution in [3.05, 3.63) is 27.9 Å². The molecule has 0 aliphatic carbocycles. The SMILES string of the molecule is COCCNCCCn1c(C)nc(C)cc1=O. The smallest absolute Gasteiger partial charge is 0.253 e. The Kier molecular flexibility index (Phi) is 5.86. The van der Waals surface area contributed by atoms with Gasteiger partial charge in [0.05, 0.1) is 6.61 Å². The first kappa shape index (κ1) is 13.9. The second-order valence-electron chi connectivity index (χ2n) is 4.03. The minimum absolute atomic E-state index is 0.0342. The molecular formula is C12H21N3O2. The number of rotatable bonds is 7. The fraction of sp³-hybridized carbons (Fsp3) is 0.667. The van der Waals surface area contributed by atoms with E-state index in [9.17, 15) is 4.79 Å². The third-order valence-electron chi connectivity index (χ3n) is 2.55. The van der Waals surface area contributed by atoms with Crippen LogP contribution in [0.15, 0.2) is 10.9 Å². The van der Waals surface area contributed by atoms with Crippen molar-refractivity contribution in [3.8, 4) is 0 Å². The van der Waals surface area contributed by atoms with E-state index in [0.29, 0.717) is 13.2 Å². The molecule has 0 aliphatic heterocycles. The van der Waals surface area contributed by atoms with E-state index in [1.165, 1.54) is 0 Å². The maximum absolute atomic E-state index is 11.7. The van der Waals surface area contributed by atoms with Gasteiger partial charge in [0.25, 0.3) is 5.56 Å². The van der Waals surface area contributed by atoms with Crippen LogP contribution in [0.2, 0.25) is 0 Å². The van der Waals surface area contributed by atoms with Gasteiger partial charge in [0.1, 0.15) is 5.82 Å². The molecule has 0 aromatic carbocycles. The van der Waals surface area contributed by atoms with Crippen LogP contribution in [0.25, 0.3) is 0 Å². The lowest BCUT2D eigenvalue weighted by Gasteiger charge is -2.09. The van der Waals surface area contributed by atoms with Crippen molar-refractivity contribution in [3.63, 3.8) is 0 Å². The van der Waals surface area contributed by atoms with E-state index in [2.05, 4.69) is 10.3 Å². The van der Waals surface area contributed by atoms with Crippen LogP contribution in [0.1, 0.15) is 17.9 Å². The highest BCUT2D eigenvalue weighted by Crippen LogP contribution is 1.94. The first-order valence-electron chi connectivity index (χ1n) is 5.90. The summed E-state index contributed by atoms with van der Waals surface area (Å²) in [5, 5.41) is 3.25. The molecule has 1 aromatic heterocycles. The number of hydrogen-bond acceptors (Lipinski definition) is 4. The molecule has 1 aromatic rings. The van der Waals surface area contributed by atoms with Crippen LogP contribution in [0.3, 0.4) is 0 Å². The van der Waals surface area contributed by atoms with Gasteiger partial charge in [-0.15, -0.1) is 0 Å². The average Bonchev–Trinajstić information content (AvgIpc) is 2.26. The van der Waals surface area contributed by atoms with E-state index in [1.54, 1.807) is 17.7 Å². The average molecular weight is 239 g/mol. The number of nitrogens with one attached hydrogen (secondary N) is 1. The minimum Gasteiger partial charge on any atom is -0.383 e. The predicted molar refractivity (Wildman–Crippen MR) is 67.3 cm³/mol. The van der Waals surface area contributed by atoms with Crippen LogP contribution < -0.4 is 10.9 Å². The zero-order valence-electron chi connectivity index (χ0n) is 10.8. The molecule has 0 atom stereocenters. The Hall–Kier alpha value is -1.20. The molecule has 17 heavy (non-hydrogen) atoms. The fourth-order valence-corrected chi connectivity index (χ4v) is 1.70. The second-order valence-corrected chi connectivity index (χ2v) is 4.03. The predicted octanol–water partition coefficient (Wildman–Crippen LogP) is 0.486. The van der Waals surface area contributed by atoms with E-state index in [-0.39, 0.29) is 5.56 Å². The van der Waals surface area contributed by atoms with E-state index >= 15 is 0 Å². The molecule has 1 heterocycles. The summed E-state index contributed by atoms with van der Waals surface area (Å²) in [6, 6.07) is 1.57. The third kappa shape index (κ3) is 4.66. The molecule has 5 nitrogen and oxygen atoms in total. The quantitative estimate of drug-likeness (QED) is 0.703. The highest BCUT2D eigenvalue weighted by Gasteiger charge is 2.01. The minimum atomic E-state index is 0.0342. The highest BCUT2D eigenvalue weighted by atomic mass is 16.5. The van der Waals surface area contributed by atoms with E-state index in [4.69, 9.17) is 4.74 Å². The number of aromatic nitrogens is 2. The van der Waals surface area contributed by atoms with Gasteiger partial charge in [-0.1, -0.05) is 0 Å². The molecule has 0 saturated carbocycles. The normalized spacial score (nSPS) is 10.8. The summed E-state index contributed by atoms with van der Waals surface area (Å²) in [6.07, 6.45) is 0.912. The first-order valence-corrected chi connectivity index (χ1v) is 5.90. The molecule has 1 rings (SSSR count). The Morgan fingerprint density at radius 2 is 2.18 bits per heavy atom. The summed E-state index contributed by atoms with van der Waals surface area (Å²) >= 11 is 0. The van der Waals surface area contributed by atoms with Crippen molar-refractivity contribution < 1.29 is 4.74 Å². The van der Waals surface area contributed by atoms with Crippen molar-refractivity contribution in [2.45, 2.75) is 26.8 Å². The second kappa shape index (κ2) is 7.19. The van der Waals surface area contributed by atoms with Crippen LogP contribution in [0.4, 0.5) is 0 Å². The zero-order chi connectivity index (χ0) is 12.7. The van der Waals surface area contributed by atoms with Gasteiger partial charge in [0.15, 0.2) is 0 Å². The number of nitrogens with zero attached hydrogens (tertiary/aromatic N) is 2. The standard InChI is InChI=1S/C12H21N3O2/c1-10-9-12(16)15(11(2)14-10)7-4-5-13-6-8-17-3/h9,13H,4-8H2,1-3H3. The Bertz CT molecular complexity index is 401. The summed E-state index contributed by atoms with van der Waals surface area (Å²) in [5.74, 6) is 0.784. The Balaban J connectivity index is 2.39. The monoisotopic (exact) mass is 239 g/mol. The van der Waals surface area contributed by atoms with Crippen LogP contribution in [0, 0.1) is 13.8 Å². The number of aryl methyl sites for hydroxylation is 2. The fourth-order valence-electron chi connectivity index (χ4n) is 1.70. The van der Waals surface area contributed by atoms with Crippen LogP contribution in [-0.4, -0.2) is 36.4 Å². The maximum atomic E-state index is 11.7. The van der Waals surface area contributed by atoms with Gasteiger partial charge in [-0.3, -0.25) is 9.36 Å². The topological polar surface area (TPSA) is 56.1 Å². The largest absolute Gasteiger partial charge is 0.383 e. The lowest BCUT2D eigenvalue weighted by atomic mass is 10.3. The van der Waals surface area contributed by atoms with E-state index in [0.717, 1.165) is 31.0 Å². The molecule has 0 amide bonds. The van der Waals surface area contributed by atoms with Crippen molar-refractivity contribution in [2.75, 3.05) is 26.8 Å². The van der Waals surface area contributed by atoms with Gasteiger partial charge in [0.2, 0.25) is 0 Å². The summed E-state index contributed by atoms with van der Waals surface area (Å²) in [6.45, 7) is 6.85. The summed E-state index contributed by atoms with van der Waals surface area (Å²) in [5.41, 5.74) is 0.814. The highest BCUT2D eigenvalue weighted by molar-refractivity contribution is 5.01. The van der Waals surface area contributed by atoms with Crippen LogP contribution >= 0.6 is 0 Å². The Labute approximate surface area is 102 Å². The van der Waals surface area contributed by atoms with E-state index < -0.39 is 0 Å².